The number of anilines is 1. The molecule has 0 bridgehead atoms. The standard InChI is InChI=1S/C19H15NO4S/c21-25(22,17-12-15-4-1-2-5-19(15)24-13-17)20-16-9-7-14(8-10-16)18-6-3-11-23-18/h1-12,20H,13H2. The Morgan fingerprint density at radius 1 is 0.920 bits per heavy atom. The van der Waals surface area contributed by atoms with Crippen LogP contribution in [0.15, 0.2) is 76.2 Å². The van der Waals surface area contributed by atoms with Gasteiger partial charge in [-0.3, -0.25) is 4.72 Å². The highest BCUT2D eigenvalue weighted by molar-refractivity contribution is 7.96. The van der Waals surface area contributed by atoms with E-state index in [1.807, 2.05) is 30.3 Å². The third kappa shape index (κ3) is 3.16. The van der Waals surface area contributed by atoms with Gasteiger partial charge in [-0.05, 0) is 48.5 Å². The van der Waals surface area contributed by atoms with Crippen molar-refractivity contribution in [2.75, 3.05) is 11.3 Å². The highest BCUT2D eigenvalue weighted by atomic mass is 32.2. The van der Waals surface area contributed by atoms with Crippen LogP contribution in [0.5, 0.6) is 5.75 Å². The monoisotopic (exact) mass is 353 g/mol. The Bertz CT molecular complexity index is 1020. The molecule has 0 aliphatic carbocycles. The number of hydrogen-bond acceptors (Lipinski definition) is 4. The highest BCUT2D eigenvalue weighted by Crippen LogP contribution is 2.29. The molecule has 4 rings (SSSR count). The minimum absolute atomic E-state index is 0.0107. The molecule has 0 radical (unpaired) electrons. The van der Waals surface area contributed by atoms with E-state index in [1.165, 1.54) is 0 Å². The van der Waals surface area contributed by atoms with Gasteiger partial charge in [0.15, 0.2) is 0 Å². The van der Waals surface area contributed by atoms with E-state index in [0.29, 0.717) is 11.4 Å². The van der Waals surface area contributed by atoms with Gasteiger partial charge in [-0.25, -0.2) is 8.42 Å². The summed E-state index contributed by atoms with van der Waals surface area (Å²) in [6.07, 6.45) is 3.23. The average Bonchev–Trinajstić information content (AvgIpc) is 3.16. The van der Waals surface area contributed by atoms with Crippen molar-refractivity contribution in [3.05, 3.63) is 77.4 Å². The zero-order chi connectivity index (χ0) is 17.3. The lowest BCUT2D eigenvalue weighted by Gasteiger charge is -2.18. The molecule has 1 aromatic heterocycles. The summed E-state index contributed by atoms with van der Waals surface area (Å²) < 4.78 is 38.6. The number of fused-ring (bicyclic) bond motifs is 1. The van der Waals surface area contributed by atoms with Crippen molar-refractivity contribution in [3.8, 4) is 17.1 Å². The molecule has 0 saturated heterocycles. The molecule has 0 saturated carbocycles. The first-order chi connectivity index (χ1) is 12.1. The molecule has 0 spiro atoms. The first kappa shape index (κ1) is 15.5. The first-order valence-electron chi connectivity index (χ1n) is 7.71. The molecule has 2 aromatic carbocycles. The highest BCUT2D eigenvalue weighted by Gasteiger charge is 2.22. The lowest BCUT2D eigenvalue weighted by Crippen LogP contribution is -2.21. The Labute approximate surface area is 145 Å². The van der Waals surface area contributed by atoms with Gasteiger partial charge in [-0.1, -0.05) is 18.2 Å². The summed E-state index contributed by atoms with van der Waals surface area (Å²) in [6, 6.07) is 18.0. The minimum atomic E-state index is -3.68. The van der Waals surface area contributed by atoms with E-state index in [4.69, 9.17) is 9.15 Å². The van der Waals surface area contributed by atoms with E-state index in [2.05, 4.69) is 4.72 Å². The van der Waals surface area contributed by atoms with Crippen molar-refractivity contribution in [3.63, 3.8) is 0 Å². The molecule has 1 aliphatic heterocycles. The maximum absolute atomic E-state index is 12.6. The average molecular weight is 353 g/mol. The van der Waals surface area contributed by atoms with Gasteiger partial charge in [-0.2, -0.15) is 0 Å². The Morgan fingerprint density at radius 3 is 2.48 bits per heavy atom. The van der Waals surface area contributed by atoms with Crippen molar-refractivity contribution >= 4 is 21.8 Å². The third-order valence-electron chi connectivity index (χ3n) is 3.89. The second kappa shape index (κ2) is 6.14. The quantitative estimate of drug-likeness (QED) is 0.766. The zero-order valence-corrected chi connectivity index (χ0v) is 14.0. The van der Waals surface area contributed by atoms with Crippen molar-refractivity contribution in [1.29, 1.82) is 0 Å². The number of hydrogen-bond donors (Lipinski definition) is 1. The van der Waals surface area contributed by atoms with Crippen LogP contribution in [0.3, 0.4) is 0 Å². The van der Waals surface area contributed by atoms with Crippen LogP contribution in [0.1, 0.15) is 5.56 Å². The summed E-state index contributed by atoms with van der Waals surface area (Å²) in [5.41, 5.74) is 2.11. The lowest BCUT2D eigenvalue weighted by molar-refractivity contribution is 0.353. The van der Waals surface area contributed by atoms with Gasteiger partial charge in [0.05, 0.1) is 6.26 Å². The molecule has 5 nitrogen and oxygen atoms in total. The molecule has 25 heavy (non-hydrogen) atoms. The zero-order valence-electron chi connectivity index (χ0n) is 13.2. The molecule has 2 heterocycles. The normalized spacial score (nSPS) is 13.5. The molecule has 6 heteroatoms. The van der Waals surface area contributed by atoms with E-state index < -0.39 is 10.0 Å². The number of furan rings is 1. The summed E-state index contributed by atoms with van der Waals surface area (Å²) in [7, 11) is -3.68. The van der Waals surface area contributed by atoms with E-state index in [1.54, 1.807) is 42.7 Å². The number of nitrogens with one attached hydrogen (secondary N) is 1. The van der Waals surface area contributed by atoms with Crippen molar-refractivity contribution in [2.24, 2.45) is 0 Å². The number of sulfonamides is 1. The fraction of sp³-hybridized carbons (Fsp3) is 0.0526. The fourth-order valence-electron chi connectivity index (χ4n) is 2.62. The largest absolute Gasteiger partial charge is 0.487 e. The smallest absolute Gasteiger partial charge is 0.261 e. The molecular weight excluding hydrogens is 338 g/mol. The molecule has 0 fully saturated rings. The molecule has 1 N–H and O–H groups in total. The molecule has 3 aromatic rings. The number of benzene rings is 2. The summed E-state index contributed by atoms with van der Waals surface area (Å²) >= 11 is 0. The Hall–Kier alpha value is -2.99. The summed E-state index contributed by atoms with van der Waals surface area (Å²) in [5, 5.41) is 0. The predicted molar refractivity (Wildman–Crippen MR) is 96.6 cm³/mol. The van der Waals surface area contributed by atoms with Crippen LogP contribution in [0.4, 0.5) is 5.69 Å². The van der Waals surface area contributed by atoms with Gasteiger partial charge in [0.25, 0.3) is 10.0 Å². The lowest BCUT2D eigenvalue weighted by atomic mass is 10.1. The van der Waals surface area contributed by atoms with Crippen LogP contribution in [-0.2, 0) is 10.0 Å². The topological polar surface area (TPSA) is 68.5 Å². The summed E-state index contributed by atoms with van der Waals surface area (Å²) in [4.78, 5) is 0.196. The molecular formula is C19H15NO4S. The molecule has 1 aliphatic rings. The third-order valence-corrected chi connectivity index (χ3v) is 5.32. The number of para-hydroxylation sites is 1. The predicted octanol–water partition coefficient (Wildman–Crippen LogP) is 4.12. The van der Waals surface area contributed by atoms with E-state index in [9.17, 15) is 8.42 Å². The number of ether oxygens (including phenoxy) is 1. The first-order valence-corrected chi connectivity index (χ1v) is 9.19. The van der Waals surface area contributed by atoms with Crippen LogP contribution in [0.2, 0.25) is 0 Å². The molecule has 0 atom stereocenters. The Balaban J connectivity index is 1.57. The van der Waals surface area contributed by atoms with E-state index in [-0.39, 0.29) is 11.5 Å². The van der Waals surface area contributed by atoms with Crippen molar-refractivity contribution in [2.45, 2.75) is 0 Å². The van der Waals surface area contributed by atoms with Crippen LogP contribution in [-0.4, -0.2) is 15.0 Å². The fourth-order valence-corrected chi connectivity index (χ4v) is 3.69. The SMILES string of the molecule is O=S(=O)(Nc1ccc(-c2ccco2)cc1)C1=Cc2ccccc2OC1. The van der Waals surface area contributed by atoms with Gasteiger partial charge in [-0.15, -0.1) is 0 Å². The minimum Gasteiger partial charge on any atom is -0.487 e. The molecule has 0 amide bonds. The maximum Gasteiger partial charge on any atom is 0.261 e. The van der Waals surface area contributed by atoms with Crippen LogP contribution in [0, 0.1) is 0 Å². The van der Waals surface area contributed by atoms with Crippen LogP contribution < -0.4 is 9.46 Å². The number of rotatable bonds is 4. The second-order valence-corrected chi connectivity index (χ2v) is 7.33. The molecule has 0 unspecified atom stereocenters. The Kier molecular flexibility index (Phi) is 3.82. The van der Waals surface area contributed by atoms with Gasteiger partial charge >= 0.3 is 0 Å². The maximum atomic E-state index is 12.6. The van der Waals surface area contributed by atoms with E-state index >= 15 is 0 Å². The van der Waals surface area contributed by atoms with Crippen LogP contribution >= 0.6 is 0 Å². The second-order valence-electron chi connectivity index (χ2n) is 5.60. The summed E-state index contributed by atoms with van der Waals surface area (Å²) in [6.45, 7) is 0.0107. The molecule has 126 valence electrons. The Morgan fingerprint density at radius 2 is 1.72 bits per heavy atom. The summed E-state index contributed by atoms with van der Waals surface area (Å²) in [5.74, 6) is 1.42. The van der Waals surface area contributed by atoms with E-state index in [0.717, 1.165) is 16.9 Å². The van der Waals surface area contributed by atoms with Gasteiger partial charge in [0.2, 0.25) is 0 Å². The van der Waals surface area contributed by atoms with Gasteiger partial charge in [0, 0.05) is 16.8 Å². The van der Waals surface area contributed by atoms with Gasteiger partial charge in [0.1, 0.15) is 23.0 Å². The van der Waals surface area contributed by atoms with Crippen molar-refractivity contribution < 1.29 is 17.6 Å². The van der Waals surface area contributed by atoms with Crippen LogP contribution in [0.25, 0.3) is 17.4 Å². The van der Waals surface area contributed by atoms with Crippen molar-refractivity contribution in [1.82, 2.24) is 0 Å². The van der Waals surface area contributed by atoms with Gasteiger partial charge < -0.3 is 9.15 Å².